The van der Waals surface area contributed by atoms with Crippen molar-refractivity contribution in [1.82, 2.24) is 15.8 Å². The summed E-state index contributed by atoms with van der Waals surface area (Å²) in [5, 5.41) is 19.4. The number of nitrogens with one attached hydrogen (secondary N) is 2. The lowest BCUT2D eigenvalue weighted by atomic mass is 9.96. The van der Waals surface area contributed by atoms with Crippen LogP contribution in [-0.4, -0.2) is 51.6 Å². The fourth-order valence-electron chi connectivity index (χ4n) is 4.27. The van der Waals surface area contributed by atoms with Gasteiger partial charge >= 0.3 is 6.09 Å². The maximum Gasteiger partial charge on any atom is 0.405 e. The Morgan fingerprint density at radius 2 is 1.64 bits per heavy atom. The monoisotopic (exact) mass is 656 g/mol. The van der Waals surface area contributed by atoms with Crippen LogP contribution in [0.1, 0.15) is 34.1 Å². The van der Waals surface area contributed by atoms with E-state index in [1.54, 1.807) is 55.5 Å². The van der Waals surface area contributed by atoms with Gasteiger partial charge in [0.2, 0.25) is 5.91 Å². The number of carboxylic acid groups (broad SMARTS) is 1. The molecule has 0 saturated carbocycles. The van der Waals surface area contributed by atoms with Gasteiger partial charge < -0.3 is 25.2 Å². The minimum Gasteiger partial charge on any atom is -0.465 e. The first-order chi connectivity index (χ1) is 19.8. The number of aromatic nitrogens is 1. The van der Waals surface area contributed by atoms with Crippen LogP contribution in [-0.2, 0) is 9.59 Å². The van der Waals surface area contributed by atoms with Crippen molar-refractivity contribution in [3.63, 3.8) is 0 Å². The molecule has 226 valence electrons. The van der Waals surface area contributed by atoms with E-state index < -0.39 is 34.8 Å². The van der Waals surface area contributed by atoms with E-state index in [0.29, 0.717) is 44.7 Å². The molecule has 3 aromatic rings. The van der Waals surface area contributed by atoms with E-state index in [0.717, 1.165) is 0 Å². The van der Waals surface area contributed by atoms with Crippen LogP contribution in [0.3, 0.4) is 0 Å². The van der Waals surface area contributed by atoms with Crippen LogP contribution >= 0.6 is 46.4 Å². The molecule has 0 radical (unpaired) electrons. The van der Waals surface area contributed by atoms with E-state index in [1.807, 2.05) is 20.8 Å². The van der Waals surface area contributed by atoms with Crippen LogP contribution in [0.25, 0.3) is 22.6 Å². The third kappa shape index (κ3) is 8.31. The molecule has 3 rings (SSSR count). The Morgan fingerprint density at radius 3 is 2.21 bits per heavy atom. The molecule has 3 amide bonds. The van der Waals surface area contributed by atoms with Gasteiger partial charge in [0.05, 0.1) is 10.0 Å². The van der Waals surface area contributed by atoms with Gasteiger partial charge in [0, 0.05) is 35.5 Å². The van der Waals surface area contributed by atoms with Crippen molar-refractivity contribution in [2.75, 3.05) is 11.4 Å². The Labute approximate surface area is 264 Å². The minimum absolute atomic E-state index is 0.0127. The molecular formula is C29H32Cl4N4O5. The Kier molecular flexibility index (Phi) is 11.9. The quantitative estimate of drug-likeness (QED) is 0.176. The second-order valence-electron chi connectivity index (χ2n) is 10.1. The highest BCUT2D eigenvalue weighted by molar-refractivity contribution is 6.54. The van der Waals surface area contributed by atoms with Gasteiger partial charge in [-0.25, -0.2) is 4.79 Å². The molecule has 0 fully saturated rings. The Morgan fingerprint density at radius 1 is 1.00 bits per heavy atom. The number of anilines is 1. The SMILES string of the molecule is CC[C@H](C)[C@H](NC(=O)O)C(=O)N[C@H](CN(C(=O)C(Cl)Cl)c1cccc(-c2cc(-c3c(Cl)cccc3Cl)no2)c1)C(C)C. The third-order valence-electron chi connectivity index (χ3n) is 6.91. The highest BCUT2D eigenvalue weighted by atomic mass is 35.5. The third-order valence-corrected chi connectivity index (χ3v) is 7.91. The summed E-state index contributed by atoms with van der Waals surface area (Å²) in [5.74, 6) is -1.10. The number of benzene rings is 2. The summed E-state index contributed by atoms with van der Waals surface area (Å²) in [5.41, 5.74) is 2.01. The summed E-state index contributed by atoms with van der Waals surface area (Å²) in [6.45, 7) is 7.41. The summed E-state index contributed by atoms with van der Waals surface area (Å²) in [7, 11) is 0. The second kappa shape index (κ2) is 15.0. The standard InChI is InChI=1S/C29H32Cl4N4O5/c1-5-16(4)25(35-29(40)41)27(38)34-22(15(2)3)14-37(28(39)26(32)33)18-9-6-8-17(12-18)23-13-21(36-42-23)24-19(30)10-7-11-20(24)31/h6-13,15-16,22,25-26,35H,5,14H2,1-4H3,(H,34,38)(H,40,41)/t16-,22+,25-/m0/s1. The average Bonchev–Trinajstić information content (AvgIpc) is 3.42. The zero-order chi connectivity index (χ0) is 31.1. The van der Waals surface area contributed by atoms with Crippen molar-refractivity contribution in [3.8, 4) is 22.6 Å². The predicted octanol–water partition coefficient (Wildman–Crippen LogP) is 7.28. The first-order valence-electron chi connectivity index (χ1n) is 13.2. The fourth-order valence-corrected chi connectivity index (χ4v) is 5.09. The molecule has 0 aliphatic heterocycles. The zero-order valence-corrected chi connectivity index (χ0v) is 26.4. The summed E-state index contributed by atoms with van der Waals surface area (Å²) in [6, 6.07) is 12.2. The van der Waals surface area contributed by atoms with Gasteiger partial charge in [-0.15, -0.1) is 0 Å². The number of rotatable bonds is 12. The van der Waals surface area contributed by atoms with Crippen LogP contribution in [0, 0.1) is 11.8 Å². The molecule has 0 unspecified atom stereocenters. The van der Waals surface area contributed by atoms with Crippen LogP contribution < -0.4 is 15.5 Å². The smallest absolute Gasteiger partial charge is 0.405 e. The van der Waals surface area contributed by atoms with Crippen molar-refractivity contribution in [2.24, 2.45) is 11.8 Å². The molecule has 9 nitrogen and oxygen atoms in total. The van der Waals surface area contributed by atoms with Crippen molar-refractivity contribution in [1.29, 1.82) is 0 Å². The molecule has 0 bridgehead atoms. The molecular weight excluding hydrogens is 626 g/mol. The van der Waals surface area contributed by atoms with Crippen molar-refractivity contribution in [2.45, 2.75) is 51.0 Å². The molecule has 42 heavy (non-hydrogen) atoms. The Hall–Kier alpha value is -2.98. The Balaban J connectivity index is 1.94. The lowest BCUT2D eigenvalue weighted by molar-refractivity contribution is -0.125. The van der Waals surface area contributed by atoms with Crippen LogP contribution in [0.2, 0.25) is 10.0 Å². The number of hydrogen-bond donors (Lipinski definition) is 3. The van der Waals surface area contributed by atoms with E-state index in [1.165, 1.54) is 4.90 Å². The van der Waals surface area contributed by atoms with E-state index in [-0.39, 0.29) is 18.4 Å². The number of amides is 3. The maximum atomic E-state index is 13.2. The van der Waals surface area contributed by atoms with Gasteiger partial charge in [0.15, 0.2) is 10.6 Å². The normalized spacial score (nSPS) is 13.5. The number of hydrogen-bond acceptors (Lipinski definition) is 5. The summed E-state index contributed by atoms with van der Waals surface area (Å²) in [6.07, 6.45) is -0.724. The average molecular weight is 658 g/mol. The first-order valence-corrected chi connectivity index (χ1v) is 14.9. The topological polar surface area (TPSA) is 125 Å². The maximum absolute atomic E-state index is 13.2. The molecule has 0 spiro atoms. The summed E-state index contributed by atoms with van der Waals surface area (Å²) < 4.78 is 5.59. The lowest BCUT2D eigenvalue weighted by Gasteiger charge is -2.32. The molecule has 13 heteroatoms. The van der Waals surface area contributed by atoms with Gasteiger partial charge in [-0.05, 0) is 36.1 Å². The summed E-state index contributed by atoms with van der Waals surface area (Å²) in [4.78, 5) is 37.8. The number of alkyl halides is 2. The van der Waals surface area contributed by atoms with Crippen LogP contribution in [0.5, 0.6) is 0 Å². The number of halogens is 4. The highest BCUT2D eigenvalue weighted by Gasteiger charge is 2.31. The van der Waals surface area contributed by atoms with E-state index >= 15 is 0 Å². The minimum atomic E-state index is -1.38. The summed E-state index contributed by atoms with van der Waals surface area (Å²) >= 11 is 24.7. The zero-order valence-electron chi connectivity index (χ0n) is 23.4. The highest BCUT2D eigenvalue weighted by Crippen LogP contribution is 2.36. The largest absolute Gasteiger partial charge is 0.465 e. The van der Waals surface area contributed by atoms with Gasteiger partial charge in [-0.2, -0.15) is 0 Å². The number of nitrogens with zero attached hydrogens (tertiary/aromatic N) is 2. The Bertz CT molecular complexity index is 1390. The molecule has 3 atom stereocenters. The van der Waals surface area contributed by atoms with Gasteiger partial charge in [-0.3, -0.25) is 9.59 Å². The molecule has 0 aliphatic carbocycles. The van der Waals surface area contributed by atoms with Crippen molar-refractivity contribution in [3.05, 3.63) is 58.6 Å². The van der Waals surface area contributed by atoms with Crippen molar-refractivity contribution >= 4 is 70.0 Å². The first kappa shape index (κ1) is 33.5. The molecule has 2 aromatic carbocycles. The van der Waals surface area contributed by atoms with E-state index in [2.05, 4.69) is 15.8 Å². The lowest BCUT2D eigenvalue weighted by Crippen LogP contribution is -2.56. The molecule has 1 aromatic heterocycles. The molecule has 3 N–H and O–H groups in total. The second-order valence-corrected chi connectivity index (χ2v) is 12.1. The van der Waals surface area contributed by atoms with E-state index in [4.69, 9.17) is 50.9 Å². The fraction of sp³-hybridized carbons (Fsp3) is 0.379. The molecule has 0 aliphatic rings. The van der Waals surface area contributed by atoms with Crippen molar-refractivity contribution < 1.29 is 24.0 Å². The van der Waals surface area contributed by atoms with Gasteiger partial charge in [0.1, 0.15) is 11.7 Å². The van der Waals surface area contributed by atoms with E-state index in [9.17, 15) is 19.5 Å². The van der Waals surface area contributed by atoms with Crippen LogP contribution in [0.15, 0.2) is 53.1 Å². The molecule has 1 heterocycles. The number of carbonyl (C=O) groups excluding carboxylic acids is 2. The van der Waals surface area contributed by atoms with Crippen LogP contribution in [0.4, 0.5) is 10.5 Å². The number of carbonyl (C=O) groups is 3. The molecule has 0 saturated heterocycles. The predicted molar refractivity (Wildman–Crippen MR) is 166 cm³/mol. The van der Waals surface area contributed by atoms with Gasteiger partial charge in [0.25, 0.3) is 5.91 Å². The van der Waals surface area contributed by atoms with Gasteiger partial charge in [-0.1, -0.05) is 104 Å².